The second kappa shape index (κ2) is 7.63. The highest BCUT2D eigenvalue weighted by Gasteiger charge is 2.26. The highest BCUT2D eigenvalue weighted by molar-refractivity contribution is 5.77. The Morgan fingerprint density at radius 3 is 2.41 bits per heavy atom. The number of ether oxygens (including phenoxy) is 1. The minimum Gasteiger partial charge on any atom is -0.496 e. The van der Waals surface area contributed by atoms with Gasteiger partial charge < -0.3 is 14.5 Å². The first kappa shape index (κ1) is 16.8. The van der Waals surface area contributed by atoms with Crippen molar-refractivity contribution in [1.29, 1.82) is 0 Å². The van der Waals surface area contributed by atoms with Gasteiger partial charge in [-0.3, -0.25) is 4.79 Å². The molecule has 0 bridgehead atoms. The zero-order chi connectivity index (χ0) is 16.1. The molecule has 1 atom stereocenters. The van der Waals surface area contributed by atoms with Gasteiger partial charge in [-0.15, -0.1) is 0 Å². The Morgan fingerprint density at radius 1 is 1.18 bits per heavy atom. The van der Waals surface area contributed by atoms with E-state index in [1.165, 1.54) is 0 Å². The van der Waals surface area contributed by atoms with E-state index < -0.39 is 0 Å². The summed E-state index contributed by atoms with van der Waals surface area (Å²) < 4.78 is 5.49. The third kappa shape index (κ3) is 4.01. The van der Waals surface area contributed by atoms with Gasteiger partial charge in [0.2, 0.25) is 5.91 Å². The molecule has 0 N–H and O–H groups in total. The molecule has 0 aromatic heterocycles. The van der Waals surface area contributed by atoms with Gasteiger partial charge in [0.15, 0.2) is 0 Å². The molecule has 0 radical (unpaired) electrons. The Balaban J connectivity index is 2.10. The van der Waals surface area contributed by atoms with Crippen molar-refractivity contribution >= 4 is 5.91 Å². The molecule has 1 amide bonds. The lowest BCUT2D eigenvalue weighted by Crippen LogP contribution is -2.47. The van der Waals surface area contributed by atoms with Crippen LogP contribution in [0.1, 0.15) is 31.7 Å². The first-order chi connectivity index (χ1) is 10.5. The van der Waals surface area contributed by atoms with Gasteiger partial charge in [0, 0.05) is 32.6 Å². The number of hydrogen-bond acceptors (Lipinski definition) is 3. The smallest absolute Gasteiger partial charge is 0.223 e. The van der Waals surface area contributed by atoms with Gasteiger partial charge in [0.05, 0.1) is 7.11 Å². The molecule has 1 unspecified atom stereocenters. The van der Waals surface area contributed by atoms with Crippen LogP contribution in [0.4, 0.5) is 0 Å². The Labute approximate surface area is 134 Å². The number of hydrogen-bond donors (Lipinski definition) is 0. The Kier molecular flexibility index (Phi) is 5.83. The number of benzene rings is 1. The van der Waals surface area contributed by atoms with E-state index in [2.05, 4.69) is 31.9 Å². The fourth-order valence-electron chi connectivity index (χ4n) is 3.05. The number of likely N-dealkylation sites (N-methyl/N-ethyl adjacent to an activating group) is 1. The van der Waals surface area contributed by atoms with Gasteiger partial charge in [0.25, 0.3) is 0 Å². The highest BCUT2D eigenvalue weighted by atomic mass is 16.5. The maximum atomic E-state index is 12.7. The van der Waals surface area contributed by atoms with E-state index in [0.717, 1.165) is 37.5 Å². The van der Waals surface area contributed by atoms with E-state index in [-0.39, 0.29) is 11.8 Å². The van der Waals surface area contributed by atoms with Crippen LogP contribution >= 0.6 is 0 Å². The molecule has 2 rings (SSSR count). The van der Waals surface area contributed by atoms with Crippen molar-refractivity contribution in [3.63, 3.8) is 0 Å². The molecule has 0 spiro atoms. The summed E-state index contributed by atoms with van der Waals surface area (Å²) in [5, 5.41) is 0. The number of carbonyl (C=O) groups is 1. The molecule has 1 aliphatic heterocycles. The van der Waals surface area contributed by atoms with Crippen LogP contribution in [0, 0.1) is 5.92 Å². The van der Waals surface area contributed by atoms with Crippen LogP contribution in [0.2, 0.25) is 0 Å². The van der Waals surface area contributed by atoms with Crippen LogP contribution in [-0.4, -0.2) is 56.0 Å². The molecule has 1 heterocycles. The molecule has 1 aromatic rings. The van der Waals surface area contributed by atoms with E-state index in [1.807, 2.05) is 23.1 Å². The summed E-state index contributed by atoms with van der Waals surface area (Å²) in [6, 6.07) is 8.06. The zero-order valence-electron chi connectivity index (χ0n) is 14.2. The summed E-state index contributed by atoms with van der Waals surface area (Å²) in [5.41, 5.74) is 1.14. The molecule has 1 fully saturated rings. The summed E-state index contributed by atoms with van der Waals surface area (Å²) in [7, 11) is 3.80. The van der Waals surface area contributed by atoms with Crippen molar-refractivity contribution in [2.75, 3.05) is 40.3 Å². The van der Waals surface area contributed by atoms with E-state index in [9.17, 15) is 4.79 Å². The van der Waals surface area contributed by atoms with E-state index in [1.54, 1.807) is 7.11 Å². The van der Waals surface area contributed by atoms with E-state index in [0.29, 0.717) is 12.3 Å². The molecule has 1 aromatic carbocycles. The van der Waals surface area contributed by atoms with Crippen LogP contribution in [-0.2, 0) is 4.79 Å². The van der Waals surface area contributed by atoms with Crippen molar-refractivity contribution in [2.45, 2.75) is 26.2 Å². The van der Waals surface area contributed by atoms with E-state index >= 15 is 0 Å². The number of rotatable bonds is 5. The third-order valence-electron chi connectivity index (χ3n) is 4.59. The Morgan fingerprint density at radius 2 is 1.82 bits per heavy atom. The molecule has 0 aliphatic carbocycles. The highest BCUT2D eigenvalue weighted by Crippen LogP contribution is 2.34. The molecule has 4 heteroatoms. The summed E-state index contributed by atoms with van der Waals surface area (Å²) in [4.78, 5) is 16.9. The normalized spacial score (nSPS) is 17.6. The molecule has 1 aliphatic rings. The predicted octanol–water partition coefficient (Wildman–Crippen LogP) is 2.60. The zero-order valence-corrected chi connectivity index (χ0v) is 14.2. The van der Waals surface area contributed by atoms with Crippen molar-refractivity contribution in [3.05, 3.63) is 29.8 Å². The standard InChI is InChI=1S/C18H28N2O2/c1-14(2)16(15-7-5-6-8-17(15)22-4)13-18(21)20-11-9-19(3)10-12-20/h5-8,14,16H,9-13H2,1-4H3. The molecule has 1 saturated heterocycles. The average molecular weight is 304 g/mol. The number of nitrogens with zero attached hydrogens (tertiary/aromatic N) is 2. The van der Waals surface area contributed by atoms with Crippen LogP contribution in [0.3, 0.4) is 0 Å². The van der Waals surface area contributed by atoms with Crippen molar-refractivity contribution < 1.29 is 9.53 Å². The van der Waals surface area contributed by atoms with Gasteiger partial charge in [-0.05, 0) is 30.5 Å². The Bertz CT molecular complexity index is 494. The molecule has 122 valence electrons. The lowest BCUT2D eigenvalue weighted by atomic mass is 9.84. The van der Waals surface area contributed by atoms with Gasteiger partial charge in [0.1, 0.15) is 5.75 Å². The lowest BCUT2D eigenvalue weighted by molar-refractivity contribution is -0.133. The summed E-state index contributed by atoms with van der Waals surface area (Å²) >= 11 is 0. The first-order valence-electron chi connectivity index (χ1n) is 8.12. The SMILES string of the molecule is COc1ccccc1C(CC(=O)N1CCN(C)CC1)C(C)C. The summed E-state index contributed by atoms with van der Waals surface area (Å²) in [6.45, 7) is 7.96. The quantitative estimate of drug-likeness (QED) is 0.838. The van der Waals surface area contributed by atoms with Crippen molar-refractivity contribution in [1.82, 2.24) is 9.80 Å². The summed E-state index contributed by atoms with van der Waals surface area (Å²) in [5.74, 6) is 1.74. The van der Waals surface area contributed by atoms with Crippen LogP contribution in [0.5, 0.6) is 5.75 Å². The van der Waals surface area contributed by atoms with Crippen LogP contribution in [0.15, 0.2) is 24.3 Å². The summed E-state index contributed by atoms with van der Waals surface area (Å²) in [6.07, 6.45) is 0.557. The van der Waals surface area contributed by atoms with Gasteiger partial charge in [-0.25, -0.2) is 0 Å². The van der Waals surface area contributed by atoms with Gasteiger partial charge in [-0.1, -0.05) is 32.0 Å². The fraction of sp³-hybridized carbons (Fsp3) is 0.611. The number of methoxy groups -OCH3 is 1. The van der Waals surface area contributed by atoms with Crippen LogP contribution < -0.4 is 4.74 Å². The minimum absolute atomic E-state index is 0.198. The van der Waals surface area contributed by atoms with Gasteiger partial charge in [-0.2, -0.15) is 0 Å². The average Bonchev–Trinajstić information content (AvgIpc) is 2.52. The Hall–Kier alpha value is -1.55. The topological polar surface area (TPSA) is 32.8 Å². The molecule has 4 nitrogen and oxygen atoms in total. The number of amides is 1. The second-order valence-corrected chi connectivity index (χ2v) is 6.48. The molecular formula is C18H28N2O2. The number of piperazine rings is 1. The largest absolute Gasteiger partial charge is 0.496 e. The predicted molar refractivity (Wildman–Crippen MR) is 89.3 cm³/mol. The van der Waals surface area contributed by atoms with E-state index in [4.69, 9.17) is 4.74 Å². The third-order valence-corrected chi connectivity index (χ3v) is 4.59. The monoisotopic (exact) mass is 304 g/mol. The second-order valence-electron chi connectivity index (χ2n) is 6.48. The maximum Gasteiger partial charge on any atom is 0.223 e. The maximum absolute atomic E-state index is 12.7. The number of carbonyl (C=O) groups excluding carboxylic acids is 1. The van der Waals surface area contributed by atoms with Crippen molar-refractivity contribution in [2.24, 2.45) is 5.92 Å². The molecule has 22 heavy (non-hydrogen) atoms. The van der Waals surface area contributed by atoms with Crippen molar-refractivity contribution in [3.8, 4) is 5.75 Å². The van der Waals surface area contributed by atoms with Crippen LogP contribution in [0.25, 0.3) is 0 Å². The first-order valence-corrected chi connectivity index (χ1v) is 8.12. The molecule has 0 saturated carbocycles. The molecular weight excluding hydrogens is 276 g/mol. The fourth-order valence-corrected chi connectivity index (χ4v) is 3.05. The van der Waals surface area contributed by atoms with Gasteiger partial charge >= 0.3 is 0 Å². The lowest BCUT2D eigenvalue weighted by Gasteiger charge is -2.34. The number of para-hydroxylation sites is 1. The minimum atomic E-state index is 0.198.